The minimum absolute atomic E-state index is 0.0982. The van der Waals surface area contributed by atoms with Gasteiger partial charge in [-0.05, 0) is 18.6 Å². The Labute approximate surface area is 119 Å². The van der Waals surface area contributed by atoms with Crippen molar-refractivity contribution in [2.45, 2.75) is 13.3 Å². The smallest absolute Gasteiger partial charge is 0.274 e. The molecule has 20 heavy (non-hydrogen) atoms. The highest BCUT2D eigenvalue weighted by molar-refractivity contribution is 5.92. The van der Waals surface area contributed by atoms with Crippen LogP contribution in [-0.2, 0) is 4.74 Å². The standard InChI is InChI=1S/C13H22N4O3/c1-3-6-14-12-5-4-11(15-16-12)13(19)17(7-9-18)8-10-20-2/h4-5,18H,3,6-10H2,1-2H3,(H,14,16). The fraction of sp³-hybridized carbons (Fsp3) is 0.615. The summed E-state index contributed by atoms with van der Waals surface area (Å²) in [6.07, 6.45) is 0.990. The van der Waals surface area contributed by atoms with Gasteiger partial charge in [-0.2, -0.15) is 0 Å². The molecule has 112 valence electrons. The minimum Gasteiger partial charge on any atom is -0.395 e. The molecule has 7 nitrogen and oxygen atoms in total. The van der Waals surface area contributed by atoms with Crippen molar-refractivity contribution in [3.63, 3.8) is 0 Å². The third-order valence-electron chi connectivity index (χ3n) is 2.66. The van der Waals surface area contributed by atoms with Gasteiger partial charge < -0.3 is 20.1 Å². The highest BCUT2D eigenvalue weighted by Gasteiger charge is 2.16. The highest BCUT2D eigenvalue weighted by Crippen LogP contribution is 2.05. The Bertz CT molecular complexity index is 397. The van der Waals surface area contributed by atoms with E-state index in [1.807, 2.05) is 0 Å². The summed E-state index contributed by atoms with van der Waals surface area (Å²) in [7, 11) is 1.57. The third-order valence-corrected chi connectivity index (χ3v) is 2.66. The maximum absolute atomic E-state index is 12.2. The molecule has 1 heterocycles. The third kappa shape index (κ3) is 5.10. The van der Waals surface area contributed by atoms with E-state index < -0.39 is 0 Å². The Morgan fingerprint density at radius 3 is 2.75 bits per heavy atom. The van der Waals surface area contributed by atoms with E-state index in [2.05, 4.69) is 22.4 Å². The number of carbonyl (C=O) groups is 1. The number of amides is 1. The largest absolute Gasteiger partial charge is 0.395 e. The quantitative estimate of drug-likeness (QED) is 0.681. The molecule has 0 spiro atoms. The Kier molecular flexibility index (Phi) is 7.52. The van der Waals surface area contributed by atoms with E-state index in [0.29, 0.717) is 19.0 Å². The summed E-state index contributed by atoms with van der Waals surface area (Å²) in [6.45, 7) is 3.84. The first-order chi connectivity index (χ1) is 9.72. The van der Waals surface area contributed by atoms with Crippen molar-refractivity contribution in [3.05, 3.63) is 17.8 Å². The molecule has 2 N–H and O–H groups in total. The maximum Gasteiger partial charge on any atom is 0.274 e. The van der Waals surface area contributed by atoms with E-state index in [4.69, 9.17) is 9.84 Å². The van der Waals surface area contributed by atoms with Gasteiger partial charge in [-0.25, -0.2) is 0 Å². The lowest BCUT2D eigenvalue weighted by Crippen LogP contribution is -2.36. The van der Waals surface area contributed by atoms with Crippen molar-refractivity contribution in [2.24, 2.45) is 0 Å². The molecule has 7 heteroatoms. The van der Waals surface area contributed by atoms with Crippen LogP contribution in [0.2, 0.25) is 0 Å². The number of anilines is 1. The average molecular weight is 282 g/mol. The number of nitrogens with one attached hydrogen (secondary N) is 1. The number of aliphatic hydroxyl groups is 1. The fourth-order valence-electron chi connectivity index (χ4n) is 1.59. The van der Waals surface area contributed by atoms with Gasteiger partial charge in [-0.3, -0.25) is 4.79 Å². The van der Waals surface area contributed by atoms with Gasteiger partial charge in [0.15, 0.2) is 5.69 Å². The molecule has 0 atom stereocenters. The van der Waals surface area contributed by atoms with Crippen LogP contribution in [0, 0.1) is 0 Å². The molecule has 1 rings (SSSR count). The Hall–Kier alpha value is -1.73. The molecule has 0 aliphatic heterocycles. The van der Waals surface area contributed by atoms with Crippen LogP contribution in [-0.4, -0.2) is 66.1 Å². The second-order valence-corrected chi connectivity index (χ2v) is 4.24. The van der Waals surface area contributed by atoms with Crippen LogP contribution in [0.1, 0.15) is 23.8 Å². The van der Waals surface area contributed by atoms with Crippen molar-refractivity contribution in [3.8, 4) is 0 Å². The van der Waals surface area contributed by atoms with Gasteiger partial charge in [0, 0.05) is 26.7 Å². The number of rotatable bonds is 9. The monoisotopic (exact) mass is 282 g/mol. The molecular formula is C13H22N4O3. The Balaban J connectivity index is 2.67. The molecule has 0 aromatic carbocycles. The summed E-state index contributed by atoms with van der Waals surface area (Å²) in [6, 6.07) is 3.36. The zero-order valence-electron chi connectivity index (χ0n) is 12.0. The Morgan fingerprint density at radius 1 is 1.40 bits per heavy atom. The average Bonchev–Trinajstić information content (AvgIpc) is 2.49. The summed E-state index contributed by atoms with van der Waals surface area (Å²) in [5, 5.41) is 20.0. The first kappa shape index (κ1) is 16.3. The molecule has 1 aromatic heterocycles. The van der Waals surface area contributed by atoms with E-state index in [1.54, 1.807) is 19.2 Å². The molecule has 1 amide bonds. The summed E-state index contributed by atoms with van der Waals surface area (Å²) in [5.74, 6) is 0.389. The van der Waals surface area contributed by atoms with E-state index in [-0.39, 0.29) is 24.8 Å². The Morgan fingerprint density at radius 2 is 2.20 bits per heavy atom. The van der Waals surface area contributed by atoms with Gasteiger partial charge in [0.2, 0.25) is 0 Å². The van der Waals surface area contributed by atoms with Gasteiger partial charge in [-0.1, -0.05) is 6.92 Å². The molecule has 0 saturated carbocycles. The fourth-order valence-corrected chi connectivity index (χ4v) is 1.59. The summed E-state index contributed by atoms with van der Waals surface area (Å²) < 4.78 is 4.95. The van der Waals surface area contributed by atoms with E-state index in [1.165, 1.54) is 4.90 Å². The van der Waals surface area contributed by atoms with Crippen molar-refractivity contribution in [2.75, 3.05) is 45.3 Å². The highest BCUT2D eigenvalue weighted by atomic mass is 16.5. The minimum atomic E-state index is -0.259. The van der Waals surface area contributed by atoms with E-state index in [9.17, 15) is 4.79 Å². The van der Waals surface area contributed by atoms with Crippen molar-refractivity contribution in [1.29, 1.82) is 0 Å². The normalized spacial score (nSPS) is 10.3. The number of aliphatic hydroxyl groups excluding tert-OH is 1. The van der Waals surface area contributed by atoms with Crippen LogP contribution < -0.4 is 5.32 Å². The summed E-state index contributed by atoms with van der Waals surface area (Å²) in [5.41, 5.74) is 0.261. The number of ether oxygens (including phenoxy) is 1. The predicted octanol–water partition coefficient (Wildman–Crippen LogP) is 0.379. The maximum atomic E-state index is 12.2. The number of hydrogen-bond acceptors (Lipinski definition) is 6. The molecule has 0 aliphatic rings. The number of hydrogen-bond donors (Lipinski definition) is 2. The molecule has 0 fully saturated rings. The van der Waals surface area contributed by atoms with Crippen molar-refractivity contribution >= 4 is 11.7 Å². The van der Waals surface area contributed by atoms with Gasteiger partial charge >= 0.3 is 0 Å². The lowest BCUT2D eigenvalue weighted by molar-refractivity contribution is 0.0649. The molecule has 1 aromatic rings. The van der Waals surface area contributed by atoms with Gasteiger partial charge in [-0.15, -0.1) is 10.2 Å². The number of aromatic nitrogens is 2. The number of carbonyl (C=O) groups excluding carboxylic acids is 1. The van der Waals surface area contributed by atoms with Crippen LogP contribution in [0.25, 0.3) is 0 Å². The summed E-state index contributed by atoms with van der Waals surface area (Å²) >= 11 is 0. The number of methoxy groups -OCH3 is 1. The molecule has 0 aliphatic carbocycles. The zero-order chi connectivity index (χ0) is 14.8. The second-order valence-electron chi connectivity index (χ2n) is 4.24. The van der Waals surface area contributed by atoms with Gasteiger partial charge in [0.25, 0.3) is 5.91 Å². The molecule has 0 radical (unpaired) electrons. The first-order valence-electron chi connectivity index (χ1n) is 6.69. The molecular weight excluding hydrogens is 260 g/mol. The molecule has 0 bridgehead atoms. The van der Waals surface area contributed by atoms with Gasteiger partial charge in [0.05, 0.1) is 13.2 Å². The predicted molar refractivity (Wildman–Crippen MR) is 75.7 cm³/mol. The van der Waals surface area contributed by atoms with E-state index in [0.717, 1.165) is 13.0 Å². The lowest BCUT2D eigenvalue weighted by atomic mass is 10.3. The topological polar surface area (TPSA) is 87.6 Å². The van der Waals surface area contributed by atoms with E-state index >= 15 is 0 Å². The molecule has 0 unspecified atom stereocenters. The summed E-state index contributed by atoms with van der Waals surface area (Å²) in [4.78, 5) is 13.7. The van der Waals surface area contributed by atoms with Crippen LogP contribution in [0.15, 0.2) is 12.1 Å². The zero-order valence-corrected chi connectivity index (χ0v) is 12.0. The lowest BCUT2D eigenvalue weighted by Gasteiger charge is -2.20. The van der Waals surface area contributed by atoms with Crippen molar-refractivity contribution in [1.82, 2.24) is 15.1 Å². The van der Waals surface area contributed by atoms with Crippen LogP contribution in [0.3, 0.4) is 0 Å². The van der Waals surface area contributed by atoms with Crippen molar-refractivity contribution < 1.29 is 14.6 Å². The van der Waals surface area contributed by atoms with Crippen LogP contribution in [0.4, 0.5) is 5.82 Å². The number of nitrogens with zero attached hydrogens (tertiary/aromatic N) is 3. The second kappa shape index (κ2) is 9.22. The van der Waals surface area contributed by atoms with Gasteiger partial charge in [0.1, 0.15) is 5.82 Å². The van der Waals surface area contributed by atoms with Crippen LogP contribution >= 0.6 is 0 Å². The first-order valence-corrected chi connectivity index (χ1v) is 6.69. The molecule has 0 saturated heterocycles. The SMILES string of the molecule is CCCNc1ccc(C(=O)N(CCO)CCOC)nn1. The van der Waals surface area contributed by atoms with Crippen LogP contribution in [0.5, 0.6) is 0 Å².